The molecule has 17 heavy (non-hydrogen) atoms. The van der Waals surface area contributed by atoms with Crippen LogP contribution in [-0.2, 0) is 16.0 Å². The first-order valence-corrected chi connectivity index (χ1v) is 5.92. The van der Waals surface area contributed by atoms with E-state index in [1.807, 2.05) is 13.0 Å². The van der Waals surface area contributed by atoms with Gasteiger partial charge in [-0.1, -0.05) is 13.0 Å². The first kappa shape index (κ1) is 12.0. The van der Waals surface area contributed by atoms with Crippen molar-refractivity contribution in [3.05, 3.63) is 29.3 Å². The molecule has 2 rings (SSSR count). The Labute approximate surface area is 102 Å². The van der Waals surface area contributed by atoms with Crippen LogP contribution in [0.2, 0.25) is 0 Å². The summed E-state index contributed by atoms with van der Waals surface area (Å²) in [7, 11) is 3.12. The smallest absolute Gasteiger partial charge is 0.308 e. The molecule has 3 heteroatoms. The number of hydrogen-bond acceptors (Lipinski definition) is 3. The second-order valence-electron chi connectivity index (χ2n) is 4.52. The predicted octanol–water partition coefficient (Wildman–Crippen LogP) is 2.53. The Bertz CT molecular complexity index is 425. The molecule has 1 aliphatic rings. The molecule has 1 aromatic carbocycles. The van der Waals surface area contributed by atoms with Crippen LogP contribution in [0.4, 0.5) is 0 Å². The third-order valence-electron chi connectivity index (χ3n) is 3.65. The minimum atomic E-state index is -0.126. The quantitative estimate of drug-likeness (QED) is 0.754. The Balaban J connectivity index is 2.25. The van der Waals surface area contributed by atoms with E-state index in [9.17, 15) is 4.79 Å². The number of aryl methyl sites for hydroxylation is 1. The van der Waals surface area contributed by atoms with Crippen molar-refractivity contribution < 1.29 is 14.3 Å². The number of carbonyl (C=O) groups is 1. The minimum absolute atomic E-state index is 0.0744. The number of esters is 1. The molecule has 0 aromatic heterocycles. The van der Waals surface area contributed by atoms with E-state index < -0.39 is 0 Å². The van der Waals surface area contributed by atoms with Crippen molar-refractivity contribution in [3.63, 3.8) is 0 Å². The van der Waals surface area contributed by atoms with Crippen LogP contribution < -0.4 is 4.74 Å². The van der Waals surface area contributed by atoms with Gasteiger partial charge in [-0.3, -0.25) is 4.79 Å². The van der Waals surface area contributed by atoms with E-state index in [2.05, 4.69) is 12.1 Å². The molecule has 0 spiro atoms. The van der Waals surface area contributed by atoms with E-state index in [0.29, 0.717) is 0 Å². The zero-order valence-corrected chi connectivity index (χ0v) is 10.5. The monoisotopic (exact) mass is 234 g/mol. The van der Waals surface area contributed by atoms with E-state index in [1.165, 1.54) is 18.2 Å². The van der Waals surface area contributed by atoms with Crippen LogP contribution in [-0.4, -0.2) is 20.2 Å². The van der Waals surface area contributed by atoms with E-state index in [4.69, 9.17) is 9.47 Å². The summed E-state index contributed by atoms with van der Waals surface area (Å²) in [4.78, 5) is 11.6. The average Bonchev–Trinajstić information content (AvgIpc) is 2.79. The molecule has 0 unspecified atom stereocenters. The average molecular weight is 234 g/mol. The fraction of sp³-hybridized carbons (Fsp3) is 0.500. The van der Waals surface area contributed by atoms with Gasteiger partial charge >= 0.3 is 5.97 Å². The second-order valence-corrected chi connectivity index (χ2v) is 4.52. The molecule has 0 bridgehead atoms. The summed E-state index contributed by atoms with van der Waals surface area (Å²) in [5, 5.41) is 0. The largest absolute Gasteiger partial charge is 0.497 e. The molecule has 2 atom stereocenters. The molecular formula is C14H18O3. The molecule has 0 radical (unpaired) electrons. The summed E-state index contributed by atoms with van der Waals surface area (Å²) in [5.74, 6) is 0.965. The topological polar surface area (TPSA) is 35.5 Å². The van der Waals surface area contributed by atoms with Crippen molar-refractivity contribution in [1.82, 2.24) is 0 Å². The number of fused-ring (bicyclic) bond motifs is 1. The molecule has 1 aliphatic carbocycles. The highest BCUT2D eigenvalue weighted by Gasteiger charge is 2.31. The van der Waals surface area contributed by atoms with Gasteiger partial charge in [0, 0.05) is 0 Å². The summed E-state index contributed by atoms with van der Waals surface area (Å²) < 4.78 is 10.0. The Morgan fingerprint density at radius 2 is 2.18 bits per heavy atom. The van der Waals surface area contributed by atoms with Gasteiger partial charge in [-0.2, -0.15) is 0 Å². The zero-order valence-electron chi connectivity index (χ0n) is 10.5. The maximum Gasteiger partial charge on any atom is 0.308 e. The SMILES string of the molecule is COC(=O)[C@@H](C)[C@@H]1CCc2cc(OC)ccc21. The molecule has 0 amide bonds. The van der Waals surface area contributed by atoms with Gasteiger partial charge < -0.3 is 9.47 Å². The predicted molar refractivity (Wildman–Crippen MR) is 65.2 cm³/mol. The number of hydrogen-bond donors (Lipinski definition) is 0. The molecular weight excluding hydrogens is 216 g/mol. The highest BCUT2D eigenvalue weighted by molar-refractivity contribution is 5.73. The molecule has 0 saturated carbocycles. The number of carbonyl (C=O) groups excluding carboxylic acids is 1. The molecule has 0 aliphatic heterocycles. The second kappa shape index (κ2) is 4.78. The van der Waals surface area contributed by atoms with Gasteiger partial charge in [0.2, 0.25) is 0 Å². The van der Waals surface area contributed by atoms with Gasteiger partial charge in [0.05, 0.1) is 20.1 Å². The lowest BCUT2D eigenvalue weighted by Crippen LogP contribution is -2.19. The number of rotatable bonds is 3. The Hall–Kier alpha value is -1.51. The van der Waals surface area contributed by atoms with Crippen LogP contribution in [0.15, 0.2) is 18.2 Å². The fourth-order valence-electron chi connectivity index (χ4n) is 2.62. The zero-order chi connectivity index (χ0) is 12.4. The van der Waals surface area contributed by atoms with Gasteiger partial charge in [0.15, 0.2) is 0 Å². The van der Waals surface area contributed by atoms with Crippen molar-refractivity contribution in [2.24, 2.45) is 5.92 Å². The van der Waals surface area contributed by atoms with Crippen LogP contribution in [0.1, 0.15) is 30.4 Å². The summed E-state index contributed by atoms with van der Waals surface area (Å²) in [6, 6.07) is 6.10. The Morgan fingerprint density at radius 3 is 2.82 bits per heavy atom. The van der Waals surface area contributed by atoms with Crippen LogP contribution in [0.5, 0.6) is 5.75 Å². The molecule has 1 aromatic rings. The highest BCUT2D eigenvalue weighted by Crippen LogP contribution is 2.40. The summed E-state index contributed by atoms with van der Waals surface area (Å²) in [6.07, 6.45) is 2.03. The molecule has 3 nitrogen and oxygen atoms in total. The van der Waals surface area contributed by atoms with E-state index in [0.717, 1.165) is 18.6 Å². The van der Waals surface area contributed by atoms with Crippen LogP contribution in [0.3, 0.4) is 0 Å². The van der Waals surface area contributed by atoms with Crippen molar-refractivity contribution in [2.45, 2.75) is 25.7 Å². The standard InChI is InChI=1S/C14H18O3/c1-9(14(15)17-3)12-6-4-10-8-11(16-2)5-7-13(10)12/h5,7-9,12H,4,6H2,1-3H3/t9-,12-/m0/s1. The van der Waals surface area contributed by atoms with Gasteiger partial charge in [0.1, 0.15) is 5.75 Å². The van der Waals surface area contributed by atoms with Crippen molar-refractivity contribution in [1.29, 1.82) is 0 Å². The van der Waals surface area contributed by atoms with E-state index >= 15 is 0 Å². The lowest BCUT2D eigenvalue weighted by Gasteiger charge is -2.18. The number of methoxy groups -OCH3 is 2. The number of ether oxygens (including phenoxy) is 2. The first-order chi connectivity index (χ1) is 8.17. The minimum Gasteiger partial charge on any atom is -0.497 e. The van der Waals surface area contributed by atoms with Crippen LogP contribution >= 0.6 is 0 Å². The Kier molecular flexibility index (Phi) is 3.36. The summed E-state index contributed by atoms with van der Waals surface area (Å²) in [6.45, 7) is 1.94. The molecule has 0 fully saturated rings. The van der Waals surface area contributed by atoms with Crippen molar-refractivity contribution in [3.8, 4) is 5.75 Å². The lowest BCUT2D eigenvalue weighted by atomic mass is 9.89. The lowest BCUT2D eigenvalue weighted by molar-refractivity contribution is -0.145. The van der Waals surface area contributed by atoms with Crippen LogP contribution in [0, 0.1) is 5.92 Å². The molecule has 0 heterocycles. The maximum atomic E-state index is 11.6. The van der Waals surface area contributed by atoms with Crippen LogP contribution in [0.25, 0.3) is 0 Å². The first-order valence-electron chi connectivity index (χ1n) is 5.92. The fourth-order valence-corrected chi connectivity index (χ4v) is 2.62. The highest BCUT2D eigenvalue weighted by atomic mass is 16.5. The summed E-state index contributed by atoms with van der Waals surface area (Å²) >= 11 is 0. The van der Waals surface area contributed by atoms with E-state index in [-0.39, 0.29) is 17.8 Å². The molecule has 92 valence electrons. The van der Waals surface area contributed by atoms with Gasteiger partial charge in [0.25, 0.3) is 0 Å². The molecule has 0 N–H and O–H groups in total. The molecule has 0 saturated heterocycles. The van der Waals surface area contributed by atoms with Gasteiger partial charge in [-0.25, -0.2) is 0 Å². The number of benzene rings is 1. The van der Waals surface area contributed by atoms with E-state index in [1.54, 1.807) is 7.11 Å². The van der Waals surface area contributed by atoms with Gasteiger partial charge in [-0.15, -0.1) is 0 Å². The maximum absolute atomic E-state index is 11.6. The normalized spacial score (nSPS) is 19.6. The summed E-state index contributed by atoms with van der Waals surface area (Å²) in [5.41, 5.74) is 2.56. The van der Waals surface area contributed by atoms with Crippen molar-refractivity contribution in [2.75, 3.05) is 14.2 Å². The Morgan fingerprint density at radius 1 is 1.41 bits per heavy atom. The third kappa shape index (κ3) is 2.14. The van der Waals surface area contributed by atoms with Gasteiger partial charge in [-0.05, 0) is 42.0 Å². The van der Waals surface area contributed by atoms with Crippen molar-refractivity contribution >= 4 is 5.97 Å². The third-order valence-corrected chi connectivity index (χ3v) is 3.65.